The normalized spacial score (nSPS) is 9.92. The molecular weight excluding hydrogens is 347 g/mol. The molecule has 2 N–H and O–H groups in total. The van der Waals surface area contributed by atoms with E-state index >= 15 is 0 Å². The van der Waals surface area contributed by atoms with Crippen molar-refractivity contribution in [3.05, 3.63) is 59.1 Å². The van der Waals surface area contributed by atoms with Crippen LogP contribution in [0.5, 0.6) is 5.75 Å². The number of carbonyl (C=O) groups is 1. The molecule has 6 heteroatoms. The third kappa shape index (κ3) is 6.30. The molecule has 0 fully saturated rings. The third-order valence-electron chi connectivity index (χ3n) is 3.58. The number of rotatable bonds is 7. The van der Waals surface area contributed by atoms with E-state index in [4.69, 9.17) is 22.1 Å². The summed E-state index contributed by atoms with van der Waals surface area (Å²) in [6.07, 6.45) is 1.08. The van der Waals surface area contributed by atoms with Crippen LogP contribution in [0.25, 0.3) is 0 Å². The van der Waals surface area contributed by atoms with Gasteiger partial charge >= 0.3 is 0 Å². The molecule has 0 saturated carbocycles. The van der Waals surface area contributed by atoms with Gasteiger partial charge in [0.15, 0.2) is 0 Å². The summed E-state index contributed by atoms with van der Waals surface area (Å²) in [7, 11) is 1.78. The molecule has 2 aromatic carbocycles. The molecule has 0 aliphatic carbocycles. The van der Waals surface area contributed by atoms with Crippen molar-refractivity contribution >= 4 is 35.6 Å². The molecule has 0 unspecified atom stereocenters. The fourth-order valence-electron chi connectivity index (χ4n) is 2.18. The van der Waals surface area contributed by atoms with Crippen LogP contribution in [0.4, 0.5) is 5.69 Å². The fourth-order valence-corrected chi connectivity index (χ4v) is 2.36. The number of likely N-dealkylation sites (N-methyl/N-ethyl adjacent to an activating group) is 1. The van der Waals surface area contributed by atoms with Gasteiger partial charge in [0.05, 0.1) is 6.54 Å². The summed E-state index contributed by atoms with van der Waals surface area (Å²) in [5.74, 6) is 0.776. The highest BCUT2D eigenvalue weighted by atomic mass is 35.5. The van der Waals surface area contributed by atoms with Gasteiger partial charge in [-0.1, -0.05) is 35.9 Å². The summed E-state index contributed by atoms with van der Waals surface area (Å²) in [6, 6.07) is 14.8. The molecule has 4 nitrogen and oxygen atoms in total. The number of amides is 1. The highest BCUT2D eigenvalue weighted by Gasteiger charge is 2.10. The van der Waals surface area contributed by atoms with E-state index in [-0.39, 0.29) is 18.3 Å². The van der Waals surface area contributed by atoms with Crippen LogP contribution in [0, 0.1) is 0 Å². The minimum absolute atomic E-state index is 0. The van der Waals surface area contributed by atoms with E-state index in [1.54, 1.807) is 24.1 Å². The number of para-hydroxylation sites is 1. The first-order valence-corrected chi connectivity index (χ1v) is 7.90. The average Bonchev–Trinajstić information content (AvgIpc) is 2.54. The van der Waals surface area contributed by atoms with E-state index in [0.717, 1.165) is 11.3 Å². The Labute approximate surface area is 154 Å². The second-order valence-corrected chi connectivity index (χ2v) is 5.76. The van der Waals surface area contributed by atoms with Crippen molar-refractivity contribution in [2.24, 2.45) is 0 Å². The van der Waals surface area contributed by atoms with Crippen LogP contribution in [0.1, 0.15) is 12.0 Å². The van der Waals surface area contributed by atoms with Gasteiger partial charge < -0.3 is 15.4 Å². The molecule has 2 aromatic rings. The molecule has 0 atom stereocenters. The van der Waals surface area contributed by atoms with Gasteiger partial charge in [-0.15, -0.1) is 12.4 Å². The molecule has 130 valence electrons. The number of hydrogen-bond donors (Lipinski definition) is 1. The Balaban J connectivity index is 0.00000288. The van der Waals surface area contributed by atoms with Gasteiger partial charge in [-0.3, -0.25) is 4.79 Å². The minimum Gasteiger partial charge on any atom is -0.492 e. The van der Waals surface area contributed by atoms with E-state index < -0.39 is 0 Å². The largest absolute Gasteiger partial charge is 0.492 e. The maximum absolute atomic E-state index is 12.1. The lowest BCUT2D eigenvalue weighted by atomic mass is 10.1. The quantitative estimate of drug-likeness (QED) is 0.755. The standard InChI is InChI=1S/C18H21ClN2O2.ClH/c1-21(11-12-23-16-7-4-6-15(19)13-16)18(22)10-9-14-5-2-3-8-17(14)20;/h2-8,13H,9-12,20H2,1H3;1H. The van der Waals surface area contributed by atoms with Gasteiger partial charge in [0, 0.05) is 24.2 Å². The Kier molecular flexibility index (Phi) is 8.44. The van der Waals surface area contributed by atoms with Crippen molar-refractivity contribution in [3.63, 3.8) is 0 Å². The van der Waals surface area contributed by atoms with Crippen molar-refractivity contribution in [2.75, 3.05) is 25.9 Å². The molecule has 0 saturated heterocycles. The Bertz CT molecular complexity index is 665. The molecule has 0 bridgehead atoms. The van der Waals surface area contributed by atoms with Gasteiger partial charge in [0.25, 0.3) is 0 Å². The van der Waals surface area contributed by atoms with Gasteiger partial charge in [0.2, 0.25) is 5.91 Å². The monoisotopic (exact) mass is 368 g/mol. The molecule has 0 aliphatic heterocycles. The number of anilines is 1. The summed E-state index contributed by atoms with van der Waals surface area (Å²) < 4.78 is 5.59. The molecular formula is C18H22Cl2N2O2. The molecule has 0 heterocycles. The second-order valence-electron chi connectivity index (χ2n) is 5.32. The first-order valence-electron chi connectivity index (χ1n) is 7.52. The molecule has 0 aliphatic rings. The number of ether oxygens (including phenoxy) is 1. The van der Waals surface area contributed by atoms with Gasteiger partial charge in [0.1, 0.15) is 12.4 Å². The minimum atomic E-state index is 0. The molecule has 24 heavy (non-hydrogen) atoms. The Hall–Kier alpha value is -1.91. The van der Waals surface area contributed by atoms with Crippen molar-refractivity contribution in [3.8, 4) is 5.75 Å². The Morgan fingerprint density at radius 2 is 1.96 bits per heavy atom. The summed E-state index contributed by atoms with van der Waals surface area (Å²) in [5, 5.41) is 0.632. The SMILES string of the molecule is CN(CCOc1cccc(Cl)c1)C(=O)CCc1ccccc1N.Cl. The molecule has 0 radical (unpaired) electrons. The zero-order valence-electron chi connectivity index (χ0n) is 13.6. The predicted octanol–water partition coefficient (Wildman–Crippen LogP) is 3.81. The van der Waals surface area contributed by atoms with E-state index in [2.05, 4.69) is 0 Å². The molecule has 0 spiro atoms. The lowest BCUT2D eigenvalue weighted by molar-refractivity contribution is -0.130. The number of benzene rings is 2. The third-order valence-corrected chi connectivity index (χ3v) is 3.82. The van der Waals surface area contributed by atoms with Crippen LogP contribution >= 0.6 is 24.0 Å². The number of hydrogen-bond acceptors (Lipinski definition) is 3. The van der Waals surface area contributed by atoms with E-state index in [9.17, 15) is 4.79 Å². The zero-order chi connectivity index (χ0) is 16.7. The van der Waals surface area contributed by atoms with Crippen molar-refractivity contribution in [1.29, 1.82) is 0 Å². The van der Waals surface area contributed by atoms with Crippen molar-refractivity contribution in [2.45, 2.75) is 12.8 Å². The first-order chi connectivity index (χ1) is 11.1. The van der Waals surface area contributed by atoms with Gasteiger partial charge in [-0.2, -0.15) is 0 Å². The second kappa shape index (κ2) is 10.1. The van der Waals surface area contributed by atoms with Crippen LogP contribution in [-0.2, 0) is 11.2 Å². The van der Waals surface area contributed by atoms with E-state index in [1.165, 1.54) is 0 Å². The number of aryl methyl sites for hydroxylation is 1. The van der Waals surface area contributed by atoms with Crippen LogP contribution < -0.4 is 10.5 Å². The molecule has 1 amide bonds. The first kappa shape index (κ1) is 20.1. The van der Waals surface area contributed by atoms with E-state index in [1.807, 2.05) is 36.4 Å². The average molecular weight is 369 g/mol. The van der Waals surface area contributed by atoms with Crippen LogP contribution in [-0.4, -0.2) is 31.0 Å². The number of carbonyl (C=O) groups excluding carboxylic acids is 1. The number of nitrogens with two attached hydrogens (primary N) is 1. The Morgan fingerprint density at radius 3 is 2.67 bits per heavy atom. The topological polar surface area (TPSA) is 55.6 Å². The summed E-state index contributed by atoms with van der Waals surface area (Å²) in [4.78, 5) is 13.8. The smallest absolute Gasteiger partial charge is 0.222 e. The van der Waals surface area contributed by atoms with Gasteiger partial charge in [-0.25, -0.2) is 0 Å². The number of halogens is 2. The maximum atomic E-state index is 12.1. The zero-order valence-corrected chi connectivity index (χ0v) is 15.1. The summed E-state index contributed by atoms with van der Waals surface area (Å²) >= 11 is 5.89. The van der Waals surface area contributed by atoms with Crippen LogP contribution in [0.3, 0.4) is 0 Å². The Morgan fingerprint density at radius 1 is 1.21 bits per heavy atom. The summed E-state index contributed by atoms with van der Waals surface area (Å²) in [5.41, 5.74) is 7.62. The number of nitrogens with zero attached hydrogens (tertiary/aromatic N) is 1. The van der Waals surface area contributed by atoms with Crippen LogP contribution in [0.15, 0.2) is 48.5 Å². The summed E-state index contributed by atoms with van der Waals surface area (Å²) in [6.45, 7) is 0.950. The van der Waals surface area contributed by atoms with E-state index in [0.29, 0.717) is 36.8 Å². The lowest BCUT2D eigenvalue weighted by Crippen LogP contribution is -2.31. The van der Waals surface area contributed by atoms with Crippen molar-refractivity contribution in [1.82, 2.24) is 4.90 Å². The maximum Gasteiger partial charge on any atom is 0.222 e. The molecule has 0 aromatic heterocycles. The lowest BCUT2D eigenvalue weighted by Gasteiger charge is -2.18. The molecule has 2 rings (SSSR count). The van der Waals surface area contributed by atoms with Gasteiger partial charge in [-0.05, 0) is 36.2 Å². The number of nitrogen functional groups attached to an aromatic ring is 1. The fraction of sp³-hybridized carbons (Fsp3) is 0.278. The predicted molar refractivity (Wildman–Crippen MR) is 101 cm³/mol. The highest BCUT2D eigenvalue weighted by Crippen LogP contribution is 2.17. The van der Waals surface area contributed by atoms with Crippen LogP contribution in [0.2, 0.25) is 5.02 Å². The highest BCUT2D eigenvalue weighted by molar-refractivity contribution is 6.30. The van der Waals surface area contributed by atoms with Crippen molar-refractivity contribution < 1.29 is 9.53 Å².